The molecular formula is C12H9BrN2O2. The van der Waals surface area contributed by atoms with Gasteiger partial charge in [0.2, 0.25) is 5.88 Å². The van der Waals surface area contributed by atoms with Gasteiger partial charge < -0.3 is 9.40 Å². The minimum absolute atomic E-state index is 0.201. The number of aromatic nitrogens is 2. The standard InChI is InChI=1S/C12H9BrN2O2/c1-7-2-3-9-8(6-7)14-12(16)15(9)11-5-4-10(13)17-11/h2-6H,1H3,(H,14,16). The summed E-state index contributed by atoms with van der Waals surface area (Å²) in [4.78, 5) is 14.7. The highest BCUT2D eigenvalue weighted by Gasteiger charge is 2.11. The van der Waals surface area contributed by atoms with E-state index in [9.17, 15) is 4.79 Å². The molecule has 17 heavy (non-hydrogen) atoms. The van der Waals surface area contributed by atoms with Crippen LogP contribution in [0.25, 0.3) is 16.9 Å². The monoisotopic (exact) mass is 292 g/mol. The van der Waals surface area contributed by atoms with Gasteiger partial charge in [-0.3, -0.25) is 0 Å². The lowest BCUT2D eigenvalue weighted by molar-refractivity contribution is 0.515. The predicted octanol–water partition coefficient (Wildman–Crippen LogP) is 2.98. The molecule has 0 saturated carbocycles. The highest BCUT2D eigenvalue weighted by Crippen LogP contribution is 2.21. The molecule has 0 amide bonds. The molecule has 2 heterocycles. The number of imidazole rings is 1. The summed E-state index contributed by atoms with van der Waals surface area (Å²) >= 11 is 3.23. The van der Waals surface area contributed by atoms with Gasteiger partial charge in [-0.25, -0.2) is 9.36 Å². The van der Waals surface area contributed by atoms with E-state index in [1.807, 2.05) is 25.1 Å². The smallest absolute Gasteiger partial charge is 0.333 e. The van der Waals surface area contributed by atoms with Crippen molar-refractivity contribution in [3.05, 3.63) is 51.0 Å². The molecule has 0 fully saturated rings. The number of benzene rings is 1. The van der Waals surface area contributed by atoms with Crippen LogP contribution in [0.15, 0.2) is 44.2 Å². The van der Waals surface area contributed by atoms with Crippen LogP contribution in [-0.4, -0.2) is 9.55 Å². The Morgan fingerprint density at radius 3 is 2.82 bits per heavy atom. The molecular weight excluding hydrogens is 284 g/mol. The van der Waals surface area contributed by atoms with Crippen molar-refractivity contribution in [2.75, 3.05) is 0 Å². The fourth-order valence-corrected chi connectivity index (χ4v) is 2.17. The largest absolute Gasteiger partial charge is 0.433 e. The highest BCUT2D eigenvalue weighted by molar-refractivity contribution is 9.10. The second-order valence-electron chi connectivity index (χ2n) is 3.86. The maximum Gasteiger partial charge on any atom is 0.333 e. The second kappa shape index (κ2) is 3.63. The molecule has 1 aromatic carbocycles. The van der Waals surface area contributed by atoms with Gasteiger partial charge in [-0.15, -0.1) is 0 Å². The molecule has 1 N–H and O–H groups in total. The number of aromatic amines is 1. The van der Waals surface area contributed by atoms with Crippen molar-refractivity contribution in [2.45, 2.75) is 6.92 Å². The van der Waals surface area contributed by atoms with Crippen molar-refractivity contribution in [3.63, 3.8) is 0 Å². The third kappa shape index (κ3) is 1.63. The molecule has 0 aliphatic rings. The molecule has 3 rings (SSSR count). The van der Waals surface area contributed by atoms with Crippen molar-refractivity contribution in [3.8, 4) is 5.88 Å². The summed E-state index contributed by atoms with van der Waals surface area (Å²) < 4.78 is 7.52. The van der Waals surface area contributed by atoms with Gasteiger partial charge >= 0.3 is 5.69 Å². The summed E-state index contributed by atoms with van der Waals surface area (Å²) in [7, 11) is 0. The van der Waals surface area contributed by atoms with E-state index in [0.717, 1.165) is 16.6 Å². The van der Waals surface area contributed by atoms with E-state index in [-0.39, 0.29) is 5.69 Å². The number of furan rings is 1. The normalized spacial score (nSPS) is 11.2. The number of hydrogen-bond acceptors (Lipinski definition) is 2. The fourth-order valence-electron chi connectivity index (χ4n) is 1.87. The number of halogens is 1. The Kier molecular flexibility index (Phi) is 2.22. The maximum absolute atomic E-state index is 11.9. The zero-order valence-corrected chi connectivity index (χ0v) is 10.6. The number of aryl methyl sites for hydroxylation is 1. The minimum atomic E-state index is -0.201. The van der Waals surface area contributed by atoms with E-state index >= 15 is 0 Å². The van der Waals surface area contributed by atoms with Crippen LogP contribution in [-0.2, 0) is 0 Å². The van der Waals surface area contributed by atoms with Crippen LogP contribution in [0.4, 0.5) is 0 Å². The molecule has 86 valence electrons. The molecule has 5 heteroatoms. The Labute approximate surface area is 105 Å². The fraction of sp³-hybridized carbons (Fsp3) is 0.0833. The first kappa shape index (κ1) is 10.4. The molecule has 0 saturated heterocycles. The molecule has 0 bridgehead atoms. The molecule has 0 atom stereocenters. The van der Waals surface area contributed by atoms with E-state index in [1.165, 1.54) is 4.57 Å². The molecule has 3 aromatic rings. The predicted molar refractivity (Wildman–Crippen MR) is 68.6 cm³/mol. The minimum Gasteiger partial charge on any atom is -0.433 e. The molecule has 0 spiro atoms. The van der Waals surface area contributed by atoms with Crippen molar-refractivity contribution in [2.24, 2.45) is 0 Å². The van der Waals surface area contributed by atoms with Crippen LogP contribution < -0.4 is 5.69 Å². The van der Waals surface area contributed by atoms with Crippen molar-refractivity contribution in [1.82, 2.24) is 9.55 Å². The molecule has 0 aliphatic heterocycles. The van der Waals surface area contributed by atoms with Gasteiger partial charge in [0.15, 0.2) is 4.67 Å². The molecule has 0 aliphatic carbocycles. The van der Waals surface area contributed by atoms with Gasteiger partial charge in [-0.05, 0) is 46.6 Å². The van der Waals surface area contributed by atoms with Crippen LogP contribution in [0.3, 0.4) is 0 Å². The SMILES string of the molecule is Cc1ccc2c(c1)[nH]c(=O)n2-c1ccc(Br)o1. The molecule has 4 nitrogen and oxygen atoms in total. The molecule has 0 radical (unpaired) electrons. The second-order valence-corrected chi connectivity index (χ2v) is 4.65. The summed E-state index contributed by atoms with van der Waals surface area (Å²) in [5.74, 6) is 0.497. The van der Waals surface area contributed by atoms with Crippen molar-refractivity contribution >= 4 is 27.0 Å². The topological polar surface area (TPSA) is 50.9 Å². The number of H-pyrrole nitrogens is 1. The number of nitrogens with one attached hydrogen (secondary N) is 1. The highest BCUT2D eigenvalue weighted by atomic mass is 79.9. The summed E-state index contributed by atoms with van der Waals surface area (Å²) in [6.07, 6.45) is 0. The van der Waals surface area contributed by atoms with Gasteiger partial charge in [0.1, 0.15) is 0 Å². The van der Waals surface area contributed by atoms with E-state index in [4.69, 9.17) is 4.42 Å². The summed E-state index contributed by atoms with van der Waals surface area (Å²) in [6.45, 7) is 1.98. The summed E-state index contributed by atoms with van der Waals surface area (Å²) in [5, 5.41) is 0. The van der Waals surface area contributed by atoms with E-state index in [2.05, 4.69) is 20.9 Å². The molecule has 0 unspecified atom stereocenters. The van der Waals surface area contributed by atoms with Gasteiger partial charge in [0.05, 0.1) is 11.0 Å². The third-order valence-corrected chi connectivity index (χ3v) is 3.04. The van der Waals surface area contributed by atoms with Gasteiger partial charge in [-0.1, -0.05) is 6.07 Å². The lowest BCUT2D eigenvalue weighted by atomic mass is 10.2. The van der Waals surface area contributed by atoms with E-state index in [0.29, 0.717) is 10.6 Å². The molecule has 2 aromatic heterocycles. The maximum atomic E-state index is 11.9. The van der Waals surface area contributed by atoms with Gasteiger partial charge in [-0.2, -0.15) is 0 Å². The first-order chi connectivity index (χ1) is 8.15. The Morgan fingerprint density at radius 1 is 1.29 bits per heavy atom. The Balaban J connectivity index is 2.36. The number of nitrogens with zero attached hydrogens (tertiary/aromatic N) is 1. The quantitative estimate of drug-likeness (QED) is 0.750. The Hall–Kier alpha value is -1.75. The first-order valence-electron chi connectivity index (χ1n) is 5.12. The van der Waals surface area contributed by atoms with Gasteiger partial charge in [0.25, 0.3) is 0 Å². The van der Waals surface area contributed by atoms with Crippen LogP contribution in [0, 0.1) is 6.92 Å². The zero-order chi connectivity index (χ0) is 12.0. The number of hydrogen-bond donors (Lipinski definition) is 1. The van der Waals surface area contributed by atoms with Crippen molar-refractivity contribution in [1.29, 1.82) is 0 Å². The zero-order valence-electron chi connectivity index (χ0n) is 9.03. The van der Waals surface area contributed by atoms with E-state index < -0.39 is 0 Å². The average Bonchev–Trinajstić information content (AvgIpc) is 2.80. The average molecular weight is 293 g/mol. The summed E-state index contributed by atoms with van der Waals surface area (Å²) in [6, 6.07) is 9.31. The lowest BCUT2D eigenvalue weighted by Crippen LogP contribution is -2.13. The Morgan fingerprint density at radius 2 is 2.12 bits per heavy atom. The van der Waals surface area contributed by atoms with Crippen LogP contribution >= 0.6 is 15.9 Å². The van der Waals surface area contributed by atoms with Gasteiger partial charge in [0, 0.05) is 6.07 Å². The van der Waals surface area contributed by atoms with Crippen LogP contribution in [0.2, 0.25) is 0 Å². The lowest BCUT2D eigenvalue weighted by Gasteiger charge is -1.98. The van der Waals surface area contributed by atoms with Crippen LogP contribution in [0.1, 0.15) is 5.56 Å². The number of fused-ring (bicyclic) bond motifs is 1. The third-order valence-electron chi connectivity index (χ3n) is 2.62. The number of rotatable bonds is 1. The Bertz CT molecular complexity index is 751. The van der Waals surface area contributed by atoms with Crippen molar-refractivity contribution < 1.29 is 4.42 Å². The first-order valence-corrected chi connectivity index (χ1v) is 5.91. The summed E-state index contributed by atoms with van der Waals surface area (Å²) in [5.41, 5.74) is 2.52. The van der Waals surface area contributed by atoms with Crippen LogP contribution in [0.5, 0.6) is 0 Å². The van der Waals surface area contributed by atoms with E-state index in [1.54, 1.807) is 12.1 Å².